The minimum atomic E-state index is 0.600. The van der Waals surface area contributed by atoms with E-state index in [1.807, 2.05) is 7.05 Å². The number of nitrogens with zero attached hydrogens (tertiary/aromatic N) is 3. The molecule has 114 valence electrons. The molecule has 1 fully saturated rings. The Bertz CT molecular complexity index is 593. The van der Waals surface area contributed by atoms with Crippen molar-refractivity contribution in [3.8, 4) is 0 Å². The summed E-state index contributed by atoms with van der Waals surface area (Å²) < 4.78 is 0. The van der Waals surface area contributed by atoms with Crippen LogP contribution in [0.5, 0.6) is 0 Å². The topological polar surface area (TPSA) is 78.5 Å². The van der Waals surface area contributed by atoms with Crippen LogP contribution in [0.1, 0.15) is 39.0 Å². The molecule has 6 heteroatoms. The molecule has 1 saturated carbocycles. The first-order valence-corrected chi connectivity index (χ1v) is 7.89. The number of imidazole rings is 1. The van der Waals surface area contributed by atoms with E-state index in [1.54, 1.807) is 6.33 Å². The van der Waals surface area contributed by atoms with Crippen LogP contribution in [0.4, 0.5) is 11.8 Å². The van der Waals surface area contributed by atoms with Gasteiger partial charge in [0.25, 0.3) is 0 Å². The molecule has 0 radical (unpaired) electrons. The minimum absolute atomic E-state index is 0.600. The Balaban J connectivity index is 1.63. The van der Waals surface area contributed by atoms with Crippen molar-refractivity contribution >= 4 is 22.9 Å². The summed E-state index contributed by atoms with van der Waals surface area (Å²) in [6.07, 6.45) is 8.39. The maximum atomic E-state index is 4.48. The molecule has 1 aliphatic rings. The van der Waals surface area contributed by atoms with Gasteiger partial charge >= 0.3 is 0 Å². The van der Waals surface area contributed by atoms with Crippen LogP contribution in [-0.4, -0.2) is 33.5 Å². The fraction of sp³-hybridized carbons (Fsp3) is 0.667. The number of aromatic nitrogens is 4. The summed E-state index contributed by atoms with van der Waals surface area (Å²) in [5.74, 6) is 3.18. The molecule has 2 unspecified atom stereocenters. The van der Waals surface area contributed by atoms with E-state index in [2.05, 4.69) is 37.5 Å². The molecule has 0 aromatic carbocycles. The lowest BCUT2D eigenvalue weighted by Crippen LogP contribution is -2.17. The van der Waals surface area contributed by atoms with Crippen LogP contribution in [-0.2, 0) is 0 Å². The molecule has 2 heterocycles. The van der Waals surface area contributed by atoms with Gasteiger partial charge in [-0.05, 0) is 24.7 Å². The third-order valence-corrected chi connectivity index (χ3v) is 4.40. The van der Waals surface area contributed by atoms with Crippen molar-refractivity contribution in [1.29, 1.82) is 0 Å². The predicted octanol–water partition coefficient (Wildman–Crippen LogP) is 3.02. The molecule has 0 aliphatic heterocycles. The molecule has 2 aromatic heterocycles. The van der Waals surface area contributed by atoms with Gasteiger partial charge in [0.1, 0.15) is 5.52 Å². The van der Waals surface area contributed by atoms with Crippen LogP contribution in [0.15, 0.2) is 6.33 Å². The van der Waals surface area contributed by atoms with Gasteiger partial charge in [0, 0.05) is 13.6 Å². The Hall–Kier alpha value is -1.85. The lowest BCUT2D eigenvalue weighted by atomic mass is 9.81. The lowest BCUT2D eigenvalue weighted by molar-refractivity contribution is 0.274. The third-order valence-electron chi connectivity index (χ3n) is 4.40. The highest BCUT2D eigenvalue weighted by Crippen LogP contribution is 2.30. The first-order valence-electron chi connectivity index (χ1n) is 7.89. The van der Waals surface area contributed by atoms with E-state index in [1.165, 1.54) is 32.1 Å². The molecule has 3 N–H and O–H groups in total. The summed E-state index contributed by atoms with van der Waals surface area (Å²) >= 11 is 0. The predicted molar refractivity (Wildman–Crippen MR) is 85.5 cm³/mol. The van der Waals surface area contributed by atoms with Gasteiger partial charge in [0.2, 0.25) is 5.95 Å². The highest BCUT2D eigenvalue weighted by Gasteiger charge is 2.18. The number of hydrogen-bond acceptors (Lipinski definition) is 5. The largest absolute Gasteiger partial charge is 0.368 e. The van der Waals surface area contributed by atoms with Gasteiger partial charge in [-0.25, -0.2) is 4.98 Å². The van der Waals surface area contributed by atoms with Crippen LogP contribution < -0.4 is 10.6 Å². The first kappa shape index (κ1) is 14.1. The van der Waals surface area contributed by atoms with Crippen molar-refractivity contribution in [2.45, 2.75) is 39.0 Å². The summed E-state index contributed by atoms with van der Waals surface area (Å²) in [7, 11) is 1.82. The second kappa shape index (κ2) is 6.28. The van der Waals surface area contributed by atoms with Crippen LogP contribution in [0.25, 0.3) is 11.2 Å². The van der Waals surface area contributed by atoms with Crippen LogP contribution >= 0.6 is 0 Å². The summed E-state index contributed by atoms with van der Waals surface area (Å²) in [5.41, 5.74) is 1.58. The molecule has 21 heavy (non-hydrogen) atoms. The van der Waals surface area contributed by atoms with E-state index in [4.69, 9.17) is 0 Å². The van der Waals surface area contributed by atoms with Crippen molar-refractivity contribution < 1.29 is 0 Å². The van der Waals surface area contributed by atoms with Gasteiger partial charge in [-0.15, -0.1) is 0 Å². The smallest absolute Gasteiger partial charge is 0.226 e. The number of fused-ring (bicyclic) bond motifs is 1. The van der Waals surface area contributed by atoms with Crippen molar-refractivity contribution in [1.82, 2.24) is 19.9 Å². The molecule has 6 nitrogen and oxygen atoms in total. The van der Waals surface area contributed by atoms with Gasteiger partial charge in [-0.1, -0.05) is 26.2 Å². The van der Waals surface area contributed by atoms with Crippen molar-refractivity contribution in [3.63, 3.8) is 0 Å². The summed E-state index contributed by atoms with van der Waals surface area (Å²) in [6, 6.07) is 0. The van der Waals surface area contributed by atoms with Crippen LogP contribution in [0, 0.1) is 11.8 Å². The van der Waals surface area contributed by atoms with E-state index in [-0.39, 0.29) is 0 Å². The molecule has 0 amide bonds. The minimum Gasteiger partial charge on any atom is -0.368 e. The Morgan fingerprint density at radius 1 is 1.33 bits per heavy atom. The second-order valence-corrected chi connectivity index (χ2v) is 6.10. The third kappa shape index (κ3) is 3.25. The number of anilines is 2. The fourth-order valence-corrected chi connectivity index (χ4v) is 3.29. The van der Waals surface area contributed by atoms with Crippen molar-refractivity contribution in [2.24, 2.45) is 11.8 Å². The van der Waals surface area contributed by atoms with Gasteiger partial charge in [-0.3, -0.25) is 0 Å². The highest BCUT2D eigenvalue weighted by molar-refractivity contribution is 5.83. The molecule has 0 saturated heterocycles. The normalized spacial score (nSPS) is 22.4. The number of rotatable bonds is 5. The van der Waals surface area contributed by atoms with Crippen molar-refractivity contribution in [3.05, 3.63) is 6.33 Å². The number of hydrogen-bond donors (Lipinski definition) is 3. The van der Waals surface area contributed by atoms with Gasteiger partial charge in [-0.2, -0.15) is 9.97 Å². The molecular formula is C15H24N6. The fourth-order valence-electron chi connectivity index (χ4n) is 3.29. The lowest BCUT2D eigenvalue weighted by Gasteiger charge is -2.26. The van der Waals surface area contributed by atoms with E-state index < -0.39 is 0 Å². The average molecular weight is 288 g/mol. The molecule has 0 bridgehead atoms. The number of H-pyrrole nitrogens is 1. The molecule has 2 aromatic rings. The van der Waals surface area contributed by atoms with Gasteiger partial charge in [0.15, 0.2) is 11.5 Å². The Labute approximate surface area is 125 Å². The molecule has 0 spiro atoms. The monoisotopic (exact) mass is 288 g/mol. The van der Waals surface area contributed by atoms with Crippen LogP contribution in [0.2, 0.25) is 0 Å². The zero-order chi connectivity index (χ0) is 14.7. The van der Waals surface area contributed by atoms with E-state index >= 15 is 0 Å². The second-order valence-electron chi connectivity index (χ2n) is 6.10. The maximum absolute atomic E-state index is 4.48. The summed E-state index contributed by atoms with van der Waals surface area (Å²) in [6.45, 7) is 3.32. The SMILES string of the molecule is CNc1nc(NCCC2CCCC(C)C2)c2[nH]cnc2n1. The molecular weight excluding hydrogens is 264 g/mol. The van der Waals surface area contributed by atoms with Crippen LogP contribution in [0.3, 0.4) is 0 Å². The first-order chi connectivity index (χ1) is 10.3. The maximum Gasteiger partial charge on any atom is 0.226 e. The Morgan fingerprint density at radius 3 is 3.05 bits per heavy atom. The highest BCUT2D eigenvalue weighted by atomic mass is 15.2. The Kier molecular flexibility index (Phi) is 4.22. The molecule has 1 aliphatic carbocycles. The standard InChI is InChI=1S/C15H24N6/c1-10-4-3-5-11(8-10)6-7-17-13-12-14(19-9-18-12)21-15(16-2)20-13/h9-11H,3-8H2,1-2H3,(H3,16,17,18,19,20,21). The molecule has 2 atom stereocenters. The van der Waals surface area contributed by atoms with E-state index in [0.717, 1.165) is 29.7 Å². The number of nitrogens with one attached hydrogen (secondary N) is 3. The zero-order valence-electron chi connectivity index (χ0n) is 12.8. The zero-order valence-corrected chi connectivity index (χ0v) is 12.8. The molecule has 3 rings (SSSR count). The van der Waals surface area contributed by atoms with Gasteiger partial charge in [0.05, 0.1) is 6.33 Å². The van der Waals surface area contributed by atoms with E-state index in [0.29, 0.717) is 11.6 Å². The van der Waals surface area contributed by atoms with Crippen molar-refractivity contribution in [2.75, 3.05) is 24.2 Å². The summed E-state index contributed by atoms with van der Waals surface area (Å²) in [5, 5.41) is 6.43. The van der Waals surface area contributed by atoms with Gasteiger partial charge < -0.3 is 15.6 Å². The quantitative estimate of drug-likeness (QED) is 0.788. The summed E-state index contributed by atoms with van der Waals surface area (Å²) in [4.78, 5) is 16.1. The Morgan fingerprint density at radius 2 is 2.24 bits per heavy atom. The van der Waals surface area contributed by atoms with E-state index in [9.17, 15) is 0 Å². The number of aromatic amines is 1. The average Bonchev–Trinajstić information content (AvgIpc) is 2.95.